The van der Waals surface area contributed by atoms with Gasteiger partial charge in [0.25, 0.3) is 5.91 Å². The average molecular weight is 364 g/mol. The molecule has 1 aromatic carbocycles. The van der Waals surface area contributed by atoms with Gasteiger partial charge < -0.3 is 15.4 Å². The van der Waals surface area contributed by atoms with Crippen LogP contribution >= 0.6 is 0 Å². The molecule has 0 spiro atoms. The van der Waals surface area contributed by atoms with E-state index in [0.29, 0.717) is 0 Å². The van der Waals surface area contributed by atoms with Gasteiger partial charge in [-0.25, -0.2) is 9.18 Å². The molecule has 1 rings (SSSR count). The van der Waals surface area contributed by atoms with Crippen molar-refractivity contribution in [2.45, 2.75) is 38.5 Å². The van der Waals surface area contributed by atoms with Crippen molar-refractivity contribution in [1.82, 2.24) is 10.6 Å². The van der Waals surface area contributed by atoms with Crippen molar-refractivity contribution < 1.29 is 23.5 Å². The lowest BCUT2D eigenvalue weighted by Crippen LogP contribution is -2.55. The topological polar surface area (TPSA) is 84.5 Å². The fraction of sp³-hybridized carbons (Fsp3) is 0.421. The Labute approximate surface area is 152 Å². The maximum atomic E-state index is 13.4. The number of hydrogen-bond acceptors (Lipinski definition) is 4. The van der Waals surface area contributed by atoms with Crippen LogP contribution < -0.4 is 10.6 Å². The minimum Gasteiger partial charge on any atom is -0.467 e. The summed E-state index contributed by atoms with van der Waals surface area (Å²) in [4.78, 5) is 36.3. The SMILES string of the molecule is C=CC(F)C(=O)N[C@H](C(=O)N[C@@H](Cc1ccccc1)C(=O)OC)C(C)C. The van der Waals surface area contributed by atoms with Gasteiger partial charge in [-0.3, -0.25) is 9.59 Å². The lowest BCUT2D eigenvalue weighted by molar-refractivity contribution is -0.145. The van der Waals surface area contributed by atoms with Crippen LogP contribution in [0.15, 0.2) is 43.0 Å². The van der Waals surface area contributed by atoms with Crippen LogP contribution in [0.25, 0.3) is 0 Å². The predicted molar refractivity (Wildman–Crippen MR) is 96.0 cm³/mol. The van der Waals surface area contributed by atoms with Crippen LogP contribution in [-0.4, -0.2) is 43.1 Å². The summed E-state index contributed by atoms with van der Waals surface area (Å²) in [5.41, 5.74) is 0.837. The molecule has 3 atom stereocenters. The Morgan fingerprint density at radius 2 is 1.77 bits per heavy atom. The highest BCUT2D eigenvalue weighted by atomic mass is 19.1. The monoisotopic (exact) mass is 364 g/mol. The minimum absolute atomic E-state index is 0.233. The molecule has 2 amide bonds. The fourth-order valence-electron chi connectivity index (χ4n) is 2.32. The first-order chi connectivity index (χ1) is 12.3. The lowest BCUT2D eigenvalue weighted by atomic mass is 10.0. The summed E-state index contributed by atoms with van der Waals surface area (Å²) >= 11 is 0. The molecule has 1 aromatic rings. The number of halogens is 1. The van der Waals surface area contributed by atoms with E-state index < -0.39 is 36.0 Å². The average Bonchev–Trinajstić information content (AvgIpc) is 2.64. The Morgan fingerprint density at radius 3 is 2.27 bits per heavy atom. The van der Waals surface area contributed by atoms with Crippen LogP contribution in [0, 0.1) is 5.92 Å². The van der Waals surface area contributed by atoms with Gasteiger partial charge in [0.2, 0.25) is 5.91 Å². The maximum Gasteiger partial charge on any atom is 0.328 e. The Hall–Kier alpha value is -2.70. The van der Waals surface area contributed by atoms with E-state index in [1.54, 1.807) is 13.8 Å². The van der Waals surface area contributed by atoms with E-state index in [1.807, 2.05) is 30.3 Å². The van der Waals surface area contributed by atoms with Gasteiger partial charge in [-0.1, -0.05) is 50.8 Å². The van der Waals surface area contributed by atoms with Gasteiger partial charge in [0.15, 0.2) is 6.17 Å². The Balaban J connectivity index is 2.88. The van der Waals surface area contributed by atoms with Crippen LogP contribution in [0.5, 0.6) is 0 Å². The van der Waals surface area contributed by atoms with Gasteiger partial charge in [-0.2, -0.15) is 0 Å². The molecule has 0 saturated carbocycles. The molecule has 0 radical (unpaired) electrons. The van der Waals surface area contributed by atoms with E-state index in [0.717, 1.165) is 11.6 Å². The number of esters is 1. The number of rotatable bonds is 9. The van der Waals surface area contributed by atoms with Crippen LogP contribution in [0.3, 0.4) is 0 Å². The number of carbonyl (C=O) groups excluding carboxylic acids is 3. The standard InChI is InChI=1S/C19H25FN2O4/c1-5-14(20)17(23)22-16(12(2)3)18(24)21-15(19(25)26-4)11-13-9-7-6-8-10-13/h5-10,12,14-16H,1,11H2,2-4H3,(H,21,24)(H,22,23)/t14?,15-,16-/m0/s1. The number of carbonyl (C=O) groups is 3. The van der Waals surface area contributed by atoms with Crippen molar-refractivity contribution in [3.63, 3.8) is 0 Å². The first kappa shape index (κ1) is 21.3. The number of methoxy groups -OCH3 is 1. The van der Waals surface area contributed by atoms with Crippen molar-refractivity contribution in [2.24, 2.45) is 5.92 Å². The molecule has 0 heterocycles. The summed E-state index contributed by atoms with van der Waals surface area (Å²) in [6, 6.07) is 7.20. The summed E-state index contributed by atoms with van der Waals surface area (Å²) < 4.78 is 18.2. The molecule has 0 aliphatic carbocycles. The van der Waals surface area contributed by atoms with Gasteiger partial charge in [-0.15, -0.1) is 0 Å². The Kier molecular flexibility index (Phi) is 8.48. The second-order valence-electron chi connectivity index (χ2n) is 6.14. The normalized spacial score (nSPS) is 14.0. The van der Waals surface area contributed by atoms with Gasteiger partial charge in [-0.05, 0) is 17.6 Å². The molecule has 0 bridgehead atoms. The maximum absolute atomic E-state index is 13.4. The van der Waals surface area contributed by atoms with Gasteiger partial charge in [0.05, 0.1) is 7.11 Å². The van der Waals surface area contributed by atoms with Crippen molar-refractivity contribution >= 4 is 17.8 Å². The highest BCUT2D eigenvalue weighted by molar-refractivity contribution is 5.92. The third kappa shape index (κ3) is 6.31. The smallest absolute Gasteiger partial charge is 0.328 e. The number of hydrogen-bond donors (Lipinski definition) is 2. The second kappa shape index (κ2) is 10.3. The zero-order valence-corrected chi connectivity index (χ0v) is 15.2. The molecule has 0 saturated heterocycles. The summed E-state index contributed by atoms with van der Waals surface area (Å²) in [5, 5.41) is 4.93. The molecule has 6 nitrogen and oxygen atoms in total. The van der Waals surface area contributed by atoms with Gasteiger partial charge >= 0.3 is 5.97 Å². The van der Waals surface area contributed by atoms with E-state index in [2.05, 4.69) is 17.2 Å². The zero-order chi connectivity index (χ0) is 19.7. The molecule has 142 valence electrons. The highest BCUT2D eigenvalue weighted by Gasteiger charge is 2.30. The number of nitrogens with one attached hydrogen (secondary N) is 2. The van der Waals surface area contributed by atoms with Crippen molar-refractivity contribution in [2.75, 3.05) is 7.11 Å². The van der Waals surface area contributed by atoms with Crippen molar-refractivity contribution in [1.29, 1.82) is 0 Å². The molecule has 0 aliphatic rings. The molecule has 0 aliphatic heterocycles. The third-order valence-corrected chi connectivity index (χ3v) is 3.79. The number of amides is 2. The Morgan fingerprint density at radius 1 is 1.15 bits per heavy atom. The van der Waals surface area contributed by atoms with Gasteiger partial charge in [0, 0.05) is 6.42 Å². The fourth-order valence-corrected chi connectivity index (χ4v) is 2.32. The molecule has 1 unspecified atom stereocenters. The molecule has 7 heteroatoms. The largest absolute Gasteiger partial charge is 0.467 e. The summed E-state index contributed by atoms with van der Waals surface area (Å²) in [6.45, 7) is 6.62. The van der Waals surface area contributed by atoms with Crippen LogP contribution in [-0.2, 0) is 25.5 Å². The zero-order valence-electron chi connectivity index (χ0n) is 15.2. The summed E-state index contributed by atoms with van der Waals surface area (Å²) in [6.07, 6.45) is -0.835. The van der Waals surface area contributed by atoms with E-state index in [4.69, 9.17) is 4.74 Å². The quantitative estimate of drug-likeness (QED) is 0.514. The van der Waals surface area contributed by atoms with Crippen molar-refractivity contribution in [3.05, 3.63) is 48.6 Å². The van der Waals surface area contributed by atoms with Gasteiger partial charge in [0.1, 0.15) is 12.1 Å². The predicted octanol–water partition coefficient (Wildman–Crippen LogP) is 1.55. The van der Waals surface area contributed by atoms with E-state index in [1.165, 1.54) is 7.11 Å². The first-order valence-corrected chi connectivity index (χ1v) is 8.29. The van der Waals surface area contributed by atoms with Crippen LogP contribution in [0.2, 0.25) is 0 Å². The second-order valence-corrected chi connectivity index (χ2v) is 6.14. The molecule has 0 aromatic heterocycles. The molecule has 26 heavy (non-hydrogen) atoms. The lowest BCUT2D eigenvalue weighted by Gasteiger charge is -2.25. The van der Waals surface area contributed by atoms with Crippen LogP contribution in [0.1, 0.15) is 19.4 Å². The third-order valence-electron chi connectivity index (χ3n) is 3.79. The van der Waals surface area contributed by atoms with E-state index >= 15 is 0 Å². The number of ether oxygens (including phenoxy) is 1. The minimum atomic E-state index is -1.91. The van der Waals surface area contributed by atoms with Crippen molar-refractivity contribution in [3.8, 4) is 0 Å². The molecular weight excluding hydrogens is 339 g/mol. The summed E-state index contributed by atoms with van der Waals surface area (Å²) in [5.74, 6) is -2.46. The highest BCUT2D eigenvalue weighted by Crippen LogP contribution is 2.08. The number of alkyl halides is 1. The Bertz CT molecular complexity index is 634. The molecule has 0 fully saturated rings. The number of benzene rings is 1. The van der Waals surface area contributed by atoms with Crippen LogP contribution in [0.4, 0.5) is 4.39 Å². The first-order valence-electron chi connectivity index (χ1n) is 8.29. The van der Waals surface area contributed by atoms with E-state index in [-0.39, 0.29) is 12.3 Å². The molecule has 2 N–H and O–H groups in total. The van der Waals surface area contributed by atoms with E-state index in [9.17, 15) is 18.8 Å². The summed E-state index contributed by atoms with van der Waals surface area (Å²) in [7, 11) is 1.23. The molecular formula is C19H25FN2O4.